The zero-order valence-electron chi connectivity index (χ0n) is 13.9. The van der Waals surface area contributed by atoms with Gasteiger partial charge in [0.1, 0.15) is 0 Å². The molecule has 1 aromatic carbocycles. The Morgan fingerprint density at radius 3 is 2.05 bits per heavy atom. The quantitative estimate of drug-likeness (QED) is 0.794. The largest absolute Gasteiger partial charge is 0.462 e. The minimum Gasteiger partial charge on any atom is -0.403 e. The average molecular weight is 290 g/mol. The molecule has 20 heavy (non-hydrogen) atoms. The lowest BCUT2D eigenvalue weighted by atomic mass is 9.81. The van der Waals surface area contributed by atoms with Crippen molar-refractivity contribution in [3.63, 3.8) is 0 Å². The molecule has 0 radical (unpaired) electrons. The summed E-state index contributed by atoms with van der Waals surface area (Å²) in [5, 5.41) is 1.49. The zero-order chi connectivity index (χ0) is 15.2. The van der Waals surface area contributed by atoms with Gasteiger partial charge in [-0.1, -0.05) is 54.7 Å². The van der Waals surface area contributed by atoms with E-state index in [9.17, 15) is 0 Å². The van der Waals surface area contributed by atoms with Gasteiger partial charge in [-0.15, -0.1) is 0 Å². The van der Waals surface area contributed by atoms with E-state index in [0.717, 1.165) is 6.32 Å². The summed E-state index contributed by atoms with van der Waals surface area (Å²) in [6.07, 6.45) is 0.825. The van der Waals surface area contributed by atoms with E-state index in [1.54, 1.807) is 0 Å². The Labute approximate surface area is 125 Å². The molecule has 1 aliphatic heterocycles. The van der Waals surface area contributed by atoms with Gasteiger partial charge in [0.15, 0.2) is 0 Å². The van der Waals surface area contributed by atoms with Crippen LogP contribution in [0.5, 0.6) is 0 Å². The fraction of sp³-hybridized carbons (Fsp3) is 0.625. The predicted molar refractivity (Wildman–Crippen MR) is 89.2 cm³/mol. The predicted octanol–water partition coefficient (Wildman–Crippen LogP) is 3.41. The van der Waals surface area contributed by atoms with E-state index in [0.29, 0.717) is 0 Å². The second kappa shape index (κ2) is 5.01. The van der Waals surface area contributed by atoms with Crippen molar-refractivity contribution in [1.82, 2.24) is 0 Å². The van der Waals surface area contributed by atoms with Crippen molar-refractivity contribution in [2.45, 2.75) is 64.9 Å². The summed E-state index contributed by atoms with van der Waals surface area (Å²) in [5.41, 5.74) is 0.825. The molecular weight excluding hydrogens is 263 g/mol. The minimum atomic E-state index is -1.26. The van der Waals surface area contributed by atoms with Crippen molar-refractivity contribution < 1.29 is 9.31 Å². The van der Waals surface area contributed by atoms with Gasteiger partial charge < -0.3 is 9.31 Å². The van der Waals surface area contributed by atoms with Gasteiger partial charge in [0.25, 0.3) is 0 Å². The molecule has 0 unspecified atom stereocenters. The highest BCUT2D eigenvalue weighted by Gasteiger charge is 2.50. The van der Waals surface area contributed by atoms with E-state index in [1.165, 1.54) is 10.8 Å². The van der Waals surface area contributed by atoms with Crippen LogP contribution in [0, 0.1) is 0 Å². The zero-order valence-corrected chi connectivity index (χ0v) is 14.9. The van der Waals surface area contributed by atoms with Crippen LogP contribution in [0.25, 0.3) is 0 Å². The van der Waals surface area contributed by atoms with Crippen LogP contribution in [-0.2, 0) is 15.6 Å². The van der Waals surface area contributed by atoms with E-state index < -0.39 is 8.07 Å². The second-order valence-electron chi connectivity index (χ2n) is 7.84. The normalized spacial score (nSPS) is 21.2. The molecule has 110 valence electrons. The van der Waals surface area contributed by atoms with E-state index in [4.69, 9.17) is 9.31 Å². The molecule has 0 aliphatic carbocycles. The van der Waals surface area contributed by atoms with Gasteiger partial charge in [-0.3, -0.25) is 0 Å². The summed E-state index contributed by atoms with van der Waals surface area (Å²) < 4.78 is 12.2. The van der Waals surface area contributed by atoms with Crippen molar-refractivity contribution in [3.05, 3.63) is 29.8 Å². The molecule has 1 aromatic rings. The maximum atomic E-state index is 6.08. The minimum absolute atomic E-state index is 0.142. The monoisotopic (exact) mass is 290 g/mol. The van der Waals surface area contributed by atoms with Crippen molar-refractivity contribution in [2.24, 2.45) is 0 Å². The fourth-order valence-corrected chi connectivity index (χ4v) is 3.62. The molecule has 1 aliphatic rings. The second-order valence-corrected chi connectivity index (χ2v) is 12.9. The number of rotatable bonds is 3. The smallest absolute Gasteiger partial charge is 0.403 e. The highest BCUT2D eigenvalue weighted by atomic mass is 28.3. The van der Waals surface area contributed by atoms with Gasteiger partial charge in [0, 0.05) is 6.32 Å². The molecule has 1 saturated heterocycles. The Kier molecular flexibility index (Phi) is 3.96. The molecule has 0 N–H and O–H groups in total. The first-order valence-electron chi connectivity index (χ1n) is 7.46. The molecular formula is C16H27BO2Si. The Bertz CT molecular complexity index is 475. The standard InChI is InChI=1S/C16H27BO2Si/c1-15(2)16(3,4)19-17(18-15)12-13-9-8-10-14(11-13)20(5,6)7/h8-11H,12H2,1-7H3. The topological polar surface area (TPSA) is 18.5 Å². The van der Waals surface area contributed by atoms with Crippen LogP contribution in [0.3, 0.4) is 0 Å². The highest BCUT2D eigenvalue weighted by Crippen LogP contribution is 2.37. The SMILES string of the molecule is CC1(C)OB(Cc2cccc([Si](C)(C)C)c2)OC1(C)C. The third-order valence-corrected chi connectivity index (χ3v) is 6.54. The van der Waals surface area contributed by atoms with E-state index in [1.807, 2.05) is 0 Å². The van der Waals surface area contributed by atoms with E-state index in [-0.39, 0.29) is 18.3 Å². The van der Waals surface area contributed by atoms with Crippen LogP contribution in [-0.4, -0.2) is 26.4 Å². The summed E-state index contributed by atoms with van der Waals surface area (Å²) >= 11 is 0. The third kappa shape index (κ3) is 3.18. The Morgan fingerprint density at radius 1 is 1.00 bits per heavy atom. The first kappa shape index (κ1) is 15.8. The fourth-order valence-electron chi connectivity index (χ4n) is 2.41. The number of benzene rings is 1. The molecule has 1 heterocycles. The van der Waals surface area contributed by atoms with Crippen LogP contribution in [0.1, 0.15) is 33.3 Å². The first-order valence-corrected chi connectivity index (χ1v) is 11.0. The van der Waals surface area contributed by atoms with Gasteiger partial charge in [-0.05, 0) is 27.7 Å². The van der Waals surface area contributed by atoms with Crippen molar-refractivity contribution in [2.75, 3.05) is 0 Å². The lowest BCUT2D eigenvalue weighted by Crippen LogP contribution is -2.41. The lowest BCUT2D eigenvalue weighted by molar-refractivity contribution is 0.00578. The molecule has 0 aromatic heterocycles. The summed E-state index contributed by atoms with van der Waals surface area (Å²) in [7, 11) is -1.40. The summed E-state index contributed by atoms with van der Waals surface area (Å²) in [6.45, 7) is 15.5. The van der Waals surface area contributed by atoms with Gasteiger partial charge >= 0.3 is 7.12 Å². The molecule has 0 spiro atoms. The molecule has 2 rings (SSSR count). The van der Waals surface area contributed by atoms with Crippen LogP contribution in [0.15, 0.2) is 24.3 Å². The molecule has 2 nitrogen and oxygen atoms in total. The van der Waals surface area contributed by atoms with Crippen molar-refractivity contribution in [3.8, 4) is 0 Å². The maximum absolute atomic E-state index is 6.08. The average Bonchev–Trinajstić information content (AvgIpc) is 2.46. The molecule has 1 fully saturated rings. The van der Waals surface area contributed by atoms with Crippen LogP contribution in [0.4, 0.5) is 0 Å². The molecule has 0 saturated carbocycles. The molecule has 0 bridgehead atoms. The molecule has 0 amide bonds. The van der Waals surface area contributed by atoms with Gasteiger partial charge in [0.2, 0.25) is 0 Å². The maximum Gasteiger partial charge on any atom is 0.462 e. The highest BCUT2D eigenvalue weighted by molar-refractivity contribution is 6.88. The number of hydrogen-bond donors (Lipinski definition) is 0. The van der Waals surface area contributed by atoms with Crippen molar-refractivity contribution >= 4 is 20.4 Å². The summed E-state index contributed by atoms with van der Waals surface area (Å²) in [6, 6.07) is 8.92. The Balaban J connectivity index is 2.13. The Morgan fingerprint density at radius 2 is 1.55 bits per heavy atom. The third-order valence-electron chi connectivity index (χ3n) is 4.50. The molecule has 4 heteroatoms. The van der Waals surface area contributed by atoms with E-state index >= 15 is 0 Å². The number of hydrogen-bond acceptors (Lipinski definition) is 2. The van der Waals surface area contributed by atoms with Crippen LogP contribution in [0.2, 0.25) is 19.6 Å². The van der Waals surface area contributed by atoms with Gasteiger partial charge in [-0.2, -0.15) is 0 Å². The lowest BCUT2D eigenvalue weighted by Gasteiger charge is -2.32. The van der Waals surface area contributed by atoms with E-state index in [2.05, 4.69) is 71.6 Å². The van der Waals surface area contributed by atoms with Crippen molar-refractivity contribution in [1.29, 1.82) is 0 Å². The van der Waals surface area contributed by atoms with Crippen LogP contribution >= 0.6 is 0 Å². The summed E-state index contributed by atoms with van der Waals surface area (Å²) in [5.74, 6) is 0. The first-order chi connectivity index (χ1) is 9.01. The van der Waals surface area contributed by atoms with Gasteiger partial charge in [0.05, 0.1) is 19.3 Å². The Hall–Kier alpha value is -0.578. The molecule has 0 atom stereocenters. The summed E-state index contributed by atoms with van der Waals surface area (Å²) in [4.78, 5) is 0. The van der Waals surface area contributed by atoms with Gasteiger partial charge in [-0.25, -0.2) is 0 Å². The van der Waals surface area contributed by atoms with Crippen LogP contribution < -0.4 is 5.19 Å².